The molecule has 0 aliphatic rings. The van der Waals surface area contributed by atoms with Crippen molar-refractivity contribution >= 4 is 11.7 Å². The van der Waals surface area contributed by atoms with Crippen LogP contribution in [-0.2, 0) is 0 Å². The molecule has 0 aliphatic carbocycles. The molecule has 1 rings (SSSR count). The molecule has 1 heterocycles. The predicted octanol–water partition coefficient (Wildman–Crippen LogP) is 0.225. The molecule has 1 amide bonds. The Kier molecular flexibility index (Phi) is 4.25. The van der Waals surface area contributed by atoms with Gasteiger partial charge < -0.3 is 16.0 Å². The van der Waals surface area contributed by atoms with E-state index in [0.717, 1.165) is 5.82 Å². The van der Waals surface area contributed by atoms with Crippen molar-refractivity contribution in [3.8, 4) is 0 Å². The topological polar surface area (TPSA) is 71.2 Å². The van der Waals surface area contributed by atoms with Crippen LogP contribution in [0.3, 0.4) is 0 Å². The van der Waals surface area contributed by atoms with Gasteiger partial charge in [0.05, 0.1) is 5.56 Å². The summed E-state index contributed by atoms with van der Waals surface area (Å²) in [6.07, 6.45) is 1.56. The minimum atomic E-state index is -0.143. The van der Waals surface area contributed by atoms with E-state index in [1.807, 2.05) is 32.0 Å². The second-order valence-electron chi connectivity index (χ2n) is 3.91. The fraction of sp³-hybridized carbons (Fsp3) is 0.455. The molecule has 1 aromatic rings. The molecule has 1 atom stereocenters. The van der Waals surface area contributed by atoms with E-state index < -0.39 is 0 Å². The monoisotopic (exact) mass is 222 g/mol. The molecule has 5 nitrogen and oxygen atoms in total. The molecule has 0 radical (unpaired) electrons. The van der Waals surface area contributed by atoms with Crippen LogP contribution >= 0.6 is 0 Å². The van der Waals surface area contributed by atoms with Gasteiger partial charge in [-0.15, -0.1) is 0 Å². The molecule has 0 saturated heterocycles. The van der Waals surface area contributed by atoms with Crippen molar-refractivity contribution < 1.29 is 4.79 Å². The molecule has 0 unspecified atom stereocenters. The molecule has 5 heteroatoms. The first-order valence-electron chi connectivity index (χ1n) is 5.19. The van der Waals surface area contributed by atoms with Crippen LogP contribution < -0.4 is 16.0 Å². The Morgan fingerprint density at radius 3 is 2.69 bits per heavy atom. The number of pyridine rings is 1. The van der Waals surface area contributed by atoms with E-state index in [-0.39, 0.29) is 11.9 Å². The van der Waals surface area contributed by atoms with Crippen molar-refractivity contribution in [2.75, 3.05) is 25.5 Å². The van der Waals surface area contributed by atoms with Gasteiger partial charge in [0.1, 0.15) is 5.82 Å². The van der Waals surface area contributed by atoms with Gasteiger partial charge >= 0.3 is 0 Å². The summed E-state index contributed by atoms with van der Waals surface area (Å²) in [5.41, 5.74) is 5.97. The van der Waals surface area contributed by atoms with E-state index in [0.29, 0.717) is 12.1 Å². The van der Waals surface area contributed by atoms with Crippen molar-refractivity contribution in [2.24, 2.45) is 5.73 Å². The van der Waals surface area contributed by atoms with Crippen molar-refractivity contribution in [3.05, 3.63) is 23.9 Å². The molecule has 88 valence electrons. The van der Waals surface area contributed by atoms with Crippen molar-refractivity contribution in [2.45, 2.75) is 13.0 Å². The maximum Gasteiger partial charge on any atom is 0.253 e. The lowest BCUT2D eigenvalue weighted by Crippen LogP contribution is -2.37. The van der Waals surface area contributed by atoms with E-state index in [9.17, 15) is 4.79 Å². The van der Waals surface area contributed by atoms with Gasteiger partial charge in [0, 0.05) is 32.9 Å². The SMILES string of the molecule is C[C@@H](CN)NC(=O)c1ccc(N(C)C)nc1. The van der Waals surface area contributed by atoms with Crippen LogP contribution in [0.4, 0.5) is 5.82 Å². The number of hydrogen-bond acceptors (Lipinski definition) is 4. The number of carbonyl (C=O) groups is 1. The summed E-state index contributed by atoms with van der Waals surface area (Å²) < 4.78 is 0. The second kappa shape index (κ2) is 5.46. The summed E-state index contributed by atoms with van der Waals surface area (Å²) in [6, 6.07) is 3.53. The van der Waals surface area contributed by atoms with Crippen LogP contribution in [0.5, 0.6) is 0 Å². The Morgan fingerprint density at radius 1 is 1.56 bits per heavy atom. The molecule has 16 heavy (non-hydrogen) atoms. The number of nitrogens with zero attached hydrogens (tertiary/aromatic N) is 2. The third kappa shape index (κ3) is 3.20. The molecule has 0 saturated carbocycles. The standard InChI is InChI=1S/C11H18N4O/c1-8(6-12)14-11(16)9-4-5-10(13-7-9)15(2)3/h4-5,7-8H,6,12H2,1-3H3,(H,14,16)/t8-/m0/s1. The molecular weight excluding hydrogens is 204 g/mol. The number of rotatable bonds is 4. The quantitative estimate of drug-likeness (QED) is 0.764. The smallest absolute Gasteiger partial charge is 0.253 e. The fourth-order valence-electron chi connectivity index (χ4n) is 1.15. The van der Waals surface area contributed by atoms with E-state index in [1.165, 1.54) is 0 Å². The van der Waals surface area contributed by atoms with Gasteiger partial charge in [-0.05, 0) is 19.1 Å². The summed E-state index contributed by atoms with van der Waals surface area (Å²) in [5.74, 6) is 0.680. The first-order chi connectivity index (χ1) is 7.54. The minimum Gasteiger partial charge on any atom is -0.363 e. The second-order valence-corrected chi connectivity index (χ2v) is 3.91. The Hall–Kier alpha value is -1.62. The highest BCUT2D eigenvalue weighted by Crippen LogP contribution is 2.07. The van der Waals surface area contributed by atoms with Gasteiger partial charge in [-0.1, -0.05) is 0 Å². The number of nitrogens with one attached hydrogen (secondary N) is 1. The van der Waals surface area contributed by atoms with E-state index in [2.05, 4.69) is 10.3 Å². The third-order valence-corrected chi connectivity index (χ3v) is 2.20. The van der Waals surface area contributed by atoms with Crippen LogP contribution in [0.25, 0.3) is 0 Å². The van der Waals surface area contributed by atoms with Gasteiger partial charge in [-0.25, -0.2) is 4.98 Å². The molecule has 0 fully saturated rings. The van der Waals surface area contributed by atoms with Crippen molar-refractivity contribution in [1.29, 1.82) is 0 Å². The summed E-state index contributed by atoms with van der Waals surface area (Å²) in [4.78, 5) is 17.7. The normalized spacial score (nSPS) is 12.0. The zero-order chi connectivity index (χ0) is 12.1. The summed E-state index contributed by atoms with van der Waals surface area (Å²) >= 11 is 0. The molecule has 0 aliphatic heterocycles. The largest absolute Gasteiger partial charge is 0.363 e. The van der Waals surface area contributed by atoms with E-state index in [4.69, 9.17) is 5.73 Å². The van der Waals surface area contributed by atoms with Gasteiger partial charge in [0.15, 0.2) is 0 Å². The van der Waals surface area contributed by atoms with Crippen LogP contribution in [0.15, 0.2) is 18.3 Å². The summed E-state index contributed by atoms with van der Waals surface area (Å²) in [6.45, 7) is 2.29. The molecular formula is C11H18N4O. The molecule has 0 spiro atoms. The number of hydrogen-bond donors (Lipinski definition) is 2. The van der Waals surface area contributed by atoms with Gasteiger partial charge in [-0.2, -0.15) is 0 Å². The molecule has 0 aromatic carbocycles. The lowest BCUT2D eigenvalue weighted by atomic mass is 10.2. The maximum absolute atomic E-state index is 11.7. The highest BCUT2D eigenvalue weighted by Gasteiger charge is 2.09. The highest BCUT2D eigenvalue weighted by atomic mass is 16.1. The number of anilines is 1. The number of nitrogens with two attached hydrogens (primary N) is 1. The number of aromatic nitrogens is 1. The molecule has 0 bridgehead atoms. The number of amides is 1. The minimum absolute atomic E-state index is 0.0268. The third-order valence-electron chi connectivity index (χ3n) is 2.20. The summed E-state index contributed by atoms with van der Waals surface area (Å²) in [7, 11) is 3.80. The average Bonchev–Trinajstić information content (AvgIpc) is 2.28. The predicted molar refractivity (Wildman–Crippen MR) is 64.5 cm³/mol. The van der Waals surface area contributed by atoms with E-state index in [1.54, 1.807) is 12.3 Å². The summed E-state index contributed by atoms with van der Waals surface area (Å²) in [5, 5.41) is 2.78. The fourth-order valence-corrected chi connectivity index (χ4v) is 1.15. The van der Waals surface area contributed by atoms with Gasteiger partial charge in [0.2, 0.25) is 0 Å². The van der Waals surface area contributed by atoms with E-state index >= 15 is 0 Å². The Bertz CT molecular complexity index is 348. The van der Waals surface area contributed by atoms with Gasteiger partial charge in [-0.3, -0.25) is 4.79 Å². The van der Waals surface area contributed by atoms with Crippen molar-refractivity contribution in [1.82, 2.24) is 10.3 Å². The number of carbonyl (C=O) groups excluding carboxylic acids is 1. The molecule has 1 aromatic heterocycles. The zero-order valence-corrected chi connectivity index (χ0v) is 9.90. The Labute approximate surface area is 95.7 Å². The Morgan fingerprint density at radius 2 is 2.25 bits per heavy atom. The van der Waals surface area contributed by atoms with Crippen LogP contribution in [0.1, 0.15) is 17.3 Å². The lowest BCUT2D eigenvalue weighted by molar-refractivity contribution is 0.0941. The first kappa shape index (κ1) is 12.4. The van der Waals surface area contributed by atoms with Crippen molar-refractivity contribution in [3.63, 3.8) is 0 Å². The van der Waals surface area contributed by atoms with Crippen LogP contribution in [-0.4, -0.2) is 37.6 Å². The maximum atomic E-state index is 11.7. The van der Waals surface area contributed by atoms with Crippen LogP contribution in [0.2, 0.25) is 0 Å². The average molecular weight is 222 g/mol. The first-order valence-corrected chi connectivity index (χ1v) is 5.19. The molecule has 3 N–H and O–H groups in total. The zero-order valence-electron chi connectivity index (χ0n) is 9.90. The lowest BCUT2D eigenvalue weighted by Gasteiger charge is -2.13. The highest BCUT2D eigenvalue weighted by molar-refractivity contribution is 5.94. The van der Waals surface area contributed by atoms with Gasteiger partial charge in [0.25, 0.3) is 5.91 Å². The Balaban J connectivity index is 2.70. The van der Waals surface area contributed by atoms with Crippen LogP contribution in [0, 0.1) is 0 Å².